The van der Waals surface area contributed by atoms with E-state index in [0.29, 0.717) is 21.8 Å². The van der Waals surface area contributed by atoms with Crippen LogP contribution in [0.3, 0.4) is 0 Å². The maximum Gasteiger partial charge on any atom is 0.180 e. The van der Waals surface area contributed by atoms with Crippen molar-refractivity contribution in [1.29, 1.82) is 0 Å². The lowest BCUT2D eigenvalue weighted by Crippen LogP contribution is -2.43. The SMILES string of the molecule is CC(C)[Si](C#Cc1cccc(-c2csc(N)n2)c1)(C(C)C)C(C)C. The van der Waals surface area contributed by atoms with Gasteiger partial charge in [-0.3, -0.25) is 0 Å². The first-order valence-electron chi connectivity index (χ1n) is 8.62. The number of hydrogen-bond acceptors (Lipinski definition) is 3. The molecule has 0 aliphatic carbocycles. The highest BCUT2D eigenvalue weighted by atomic mass is 32.1. The van der Waals surface area contributed by atoms with Gasteiger partial charge in [-0.2, -0.15) is 0 Å². The van der Waals surface area contributed by atoms with Crippen molar-refractivity contribution in [3.63, 3.8) is 0 Å². The minimum absolute atomic E-state index is 0.604. The summed E-state index contributed by atoms with van der Waals surface area (Å²) >= 11 is 1.47. The first-order valence-corrected chi connectivity index (χ1v) is 11.7. The van der Waals surface area contributed by atoms with E-state index in [-0.39, 0.29) is 0 Å². The lowest BCUT2D eigenvalue weighted by molar-refractivity contribution is 0.838. The molecule has 0 fully saturated rings. The van der Waals surface area contributed by atoms with Crippen molar-refractivity contribution in [2.75, 3.05) is 5.73 Å². The van der Waals surface area contributed by atoms with Crippen LogP contribution < -0.4 is 5.73 Å². The Morgan fingerprint density at radius 1 is 1.04 bits per heavy atom. The van der Waals surface area contributed by atoms with E-state index in [0.717, 1.165) is 16.8 Å². The zero-order chi connectivity index (χ0) is 17.9. The fraction of sp³-hybridized carbons (Fsp3) is 0.450. The summed E-state index contributed by atoms with van der Waals surface area (Å²) in [6, 6.07) is 8.34. The predicted molar refractivity (Wildman–Crippen MR) is 110 cm³/mol. The Bertz CT molecular complexity index is 728. The molecule has 2 aromatic rings. The summed E-state index contributed by atoms with van der Waals surface area (Å²) < 4.78 is 0. The van der Waals surface area contributed by atoms with Crippen molar-refractivity contribution in [1.82, 2.24) is 4.98 Å². The third kappa shape index (κ3) is 3.74. The number of thiazole rings is 1. The van der Waals surface area contributed by atoms with Crippen LogP contribution in [0.25, 0.3) is 11.3 Å². The van der Waals surface area contributed by atoms with Gasteiger partial charge in [0.05, 0.1) is 5.69 Å². The van der Waals surface area contributed by atoms with Gasteiger partial charge in [-0.1, -0.05) is 59.6 Å². The normalized spacial score (nSPS) is 11.9. The maximum atomic E-state index is 5.75. The van der Waals surface area contributed by atoms with E-state index in [9.17, 15) is 0 Å². The molecule has 0 saturated carbocycles. The van der Waals surface area contributed by atoms with Crippen LogP contribution in [0.5, 0.6) is 0 Å². The molecule has 2 N–H and O–H groups in total. The van der Waals surface area contributed by atoms with Crippen molar-refractivity contribution >= 4 is 24.5 Å². The van der Waals surface area contributed by atoms with E-state index in [1.807, 2.05) is 5.38 Å². The molecule has 1 aromatic heterocycles. The molecule has 0 unspecified atom stereocenters. The summed E-state index contributed by atoms with van der Waals surface area (Å²) in [5.74, 6) is 3.50. The molecule has 24 heavy (non-hydrogen) atoms. The summed E-state index contributed by atoms with van der Waals surface area (Å²) in [4.78, 5) is 4.37. The summed E-state index contributed by atoms with van der Waals surface area (Å²) in [5.41, 5.74) is 14.6. The largest absolute Gasteiger partial charge is 0.375 e. The highest BCUT2D eigenvalue weighted by molar-refractivity contribution is 7.13. The second-order valence-electron chi connectivity index (χ2n) is 7.30. The Hall–Kier alpha value is -1.57. The van der Waals surface area contributed by atoms with Crippen molar-refractivity contribution in [2.45, 2.75) is 58.2 Å². The lowest BCUT2D eigenvalue weighted by atomic mass is 10.1. The number of nitrogen functional groups attached to an aromatic ring is 1. The highest BCUT2D eigenvalue weighted by Crippen LogP contribution is 2.40. The number of rotatable bonds is 4. The van der Waals surface area contributed by atoms with Gasteiger partial charge in [-0.25, -0.2) is 4.98 Å². The molecule has 0 atom stereocenters. The zero-order valence-corrected chi connectivity index (χ0v) is 17.4. The van der Waals surface area contributed by atoms with Gasteiger partial charge in [-0.05, 0) is 28.8 Å². The fourth-order valence-corrected chi connectivity index (χ4v) is 9.59. The van der Waals surface area contributed by atoms with Gasteiger partial charge in [0.25, 0.3) is 0 Å². The van der Waals surface area contributed by atoms with Crippen LogP contribution in [0.2, 0.25) is 16.6 Å². The van der Waals surface area contributed by atoms with Crippen LogP contribution in [-0.4, -0.2) is 13.1 Å². The van der Waals surface area contributed by atoms with E-state index in [1.165, 1.54) is 11.3 Å². The monoisotopic (exact) mass is 356 g/mol. The van der Waals surface area contributed by atoms with Crippen LogP contribution in [0, 0.1) is 11.5 Å². The average molecular weight is 357 g/mol. The molecule has 0 radical (unpaired) electrons. The second-order valence-corrected chi connectivity index (χ2v) is 13.8. The first-order chi connectivity index (χ1) is 11.3. The molecule has 1 aromatic carbocycles. The molecule has 4 heteroatoms. The van der Waals surface area contributed by atoms with Gasteiger partial charge < -0.3 is 5.73 Å². The van der Waals surface area contributed by atoms with Crippen molar-refractivity contribution in [3.8, 4) is 22.7 Å². The van der Waals surface area contributed by atoms with E-state index in [1.54, 1.807) is 0 Å². The molecule has 1 heterocycles. The van der Waals surface area contributed by atoms with Gasteiger partial charge in [0.15, 0.2) is 5.13 Å². The summed E-state index contributed by atoms with van der Waals surface area (Å²) in [6.07, 6.45) is 0. The van der Waals surface area contributed by atoms with E-state index in [4.69, 9.17) is 5.73 Å². The number of nitrogens with zero attached hydrogens (tertiary/aromatic N) is 1. The van der Waals surface area contributed by atoms with Gasteiger partial charge in [0, 0.05) is 16.5 Å². The molecule has 2 rings (SSSR count). The van der Waals surface area contributed by atoms with Crippen molar-refractivity contribution in [3.05, 3.63) is 35.2 Å². The summed E-state index contributed by atoms with van der Waals surface area (Å²) in [7, 11) is -1.70. The van der Waals surface area contributed by atoms with Crippen LogP contribution in [-0.2, 0) is 0 Å². The van der Waals surface area contributed by atoms with Crippen molar-refractivity contribution in [2.24, 2.45) is 0 Å². The molecule has 128 valence electrons. The first kappa shape index (κ1) is 18.8. The Morgan fingerprint density at radius 2 is 1.67 bits per heavy atom. The lowest BCUT2D eigenvalue weighted by Gasteiger charge is -2.38. The number of hydrogen-bond donors (Lipinski definition) is 1. The number of nitrogens with two attached hydrogens (primary N) is 1. The Balaban J connectivity index is 2.42. The van der Waals surface area contributed by atoms with Crippen LogP contribution in [0.15, 0.2) is 29.6 Å². The number of anilines is 1. The zero-order valence-electron chi connectivity index (χ0n) is 15.6. The van der Waals surface area contributed by atoms with Gasteiger partial charge in [0.2, 0.25) is 0 Å². The fourth-order valence-electron chi connectivity index (χ4n) is 3.79. The highest BCUT2D eigenvalue weighted by Gasteiger charge is 2.41. The minimum atomic E-state index is -1.70. The third-order valence-electron chi connectivity index (χ3n) is 4.97. The van der Waals surface area contributed by atoms with Crippen LogP contribution in [0.1, 0.15) is 47.1 Å². The maximum absolute atomic E-state index is 5.75. The molecule has 2 nitrogen and oxygen atoms in total. The Morgan fingerprint density at radius 3 is 2.17 bits per heavy atom. The summed E-state index contributed by atoms with van der Waals surface area (Å²) in [5, 5.41) is 2.60. The molecule has 0 saturated heterocycles. The topological polar surface area (TPSA) is 38.9 Å². The smallest absolute Gasteiger partial charge is 0.180 e. The van der Waals surface area contributed by atoms with Gasteiger partial charge in [0.1, 0.15) is 8.07 Å². The van der Waals surface area contributed by atoms with E-state index < -0.39 is 8.07 Å². The molecular weight excluding hydrogens is 328 g/mol. The van der Waals surface area contributed by atoms with E-state index in [2.05, 4.69) is 82.3 Å². The number of benzene rings is 1. The molecule has 0 amide bonds. The standard InChI is InChI=1S/C20H28N2SSi/c1-14(2)24(15(3)4,16(5)6)11-10-17-8-7-9-18(12-17)19-13-23-20(21)22-19/h7-9,12-16H,1-6H3,(H2,21,22). The molecular formula is C20H28N2SSi. The number of aromatic nitrogens is 1. The van der Waals surface area contributed by atoms with Crippen LogP contribution >= 0.6 is 11.3 Å². The molecule has 0 spiro atoms. The van der Waals surface area contributed by atoms with Crippen LogP contribution in [0.4, 0.5) is 5.13 Å². The predicted octanol–water partition coefficient (Wildman–Crippen LogP) is 5.96. The third-order valence-corrected chi connectivity index (χ3v) is 11.9. The van der Waals surface area contributed by atoms with Gasteiger partial charge in [-0.15, -0.1) is 16.9 Å². The summed E-state index contributed by atoms with van der Waals surface area (Å²) in [6.45, 7) is 14.1. The van der Waals surface area contributed by atoms with Gasteiger partial charge >= 0.3 is 0 Å². The Labute approximate surface area is 151 Å². The Kier molecular flexibility index (Phi) is 5.90. The second kappa shape index (κ2) is 7.54. The molecule has 0 aliphatic heterocycles. The quantitative estimate of drug-likeness (QED) is 0.542. The minimum Gasteiger partial charge on any atom is -0.375 e. The molecule has 0 aliphatic rings. The van der Waals surface area contributed by atoms with Crippen molar-refractivity contribution < 1.29 is 0 Å². The average Bonchev–Trinajstić information content (AvgIpc) is 2.94. The molecule has 0 bridgehead atoms. The van der Waals surface area contributed by atoms with E-state index >= 15 is 0 Å².